The van der Waals surface area contributed by atoms with Gasteiger partial charge in [-0.15, -0.1) is 0 Å². The Kier molecular flexibility index (Phi) is 3.38. The third kappa shape index (κ3) is 3.40. The quantitative estimate of drug-likeness (QED) is 0.903. The number of halogens is 1. The Hall–Kier alpha value is -2.17. The Morgan fingerprint density at radius 2 is 1.84 bits per heavy atom. The van der Waals surface area contributed by atoms with Crippen LogP contribution in [0.1, 0.15) is 31.3 Å². The molecule has 1 N–H and O–H groups in total. The van der Waals surface area contributed by atoms with Gasteiger partial charge in [-0.1, -0.05) is 0 Å². The highest BCUT2D eigenvalue weighted by molar-refractivity contribution is 5.92. The number of carbonyl (C=O) groups is 1. The first-order valence-electron chi connectivity index (χ1n) is 5.99. The standard InChI is InChI=1S/C14H16FN3O/c1-14(2,3)16-13(19)12-8-9-18(17-12)11-6-4-10(15)5-7-11/h4-9H,1-3H3,(H,16,19). The molecular weight excluding hydrogens is 245 g/mol. The zero-order chi connectivity index (χ0) is 14.0. The highest BCUT2D eigenvalue weighted by Gasteiger charge is 2.17. The fraction of sp³-hybridized carbons (Fsp3) is 0.286. The van der Waals surface area contributed by atoms with Crippen LogP contribution in [0.25, 0.3) is 5.69 Å². The normalized spacial score (nSPS) is 11.4. The van der Waals surface area contributed by atoms with Crippen LogP contribution in [-0.4, -0.2) is 21.2 Å². The first kappa shape index (κ1) is 13.3. The smallest absolute Gasteiger partial charge is 0.272 e. The van der Waals surface area contributed by atoms with Crippen LogP contribution in [-0.2, 0) is 0 Å². The molecule has 100 valence electrons. The monoisotopic (exact) mass is 261 g/mol. The molecule has 0 atom stereocenters. The van der Waals surface area contributed by atoms with E-state index in [1.54, 1.807) is 24.4 Å². The van der Waals surface area contributed by atoms with Gasteiger partial charge in [-0.2, -0.15) is 5.10 Å². The van der Waals surface area contributed by atoms with Gasteiger partial charge in [-0.25, -0.2) is 9.07 Å². The van der Waals surface area contributed by atoms with E-state index in [0.29, 0.717) is 11.4 Å². The van der Waals surface area contributed by atoms with E-state index in [1.165, 1.54) is 16.8 Å². The Balaban J connectivity index is 2.19. The molecule has 0 aliphatic carbocycles. The van der Waals surface area contributed by atoms with E-state index >= 15 is 0 Å². The summed E-state index contributed by atoms with van der Waals surface area (Å²) in [5.41, 5.74) is 0.729. The lowest BCUT2D eigenvalue weighted by molar-refractivity contribution is 0.0914. The summed E-state index contributed by atoms with van der Waals surface area (Å²) in [4.78, 5) is 11.9. The number of nitrogens with zero attached hydrogens (tertiary/aromatic N) is 2. The second-order valence-electron chi connectivity index (χ2n) is 5.33. The third-order valence-electron chi connectivity index (χ3n) is 2.40. The van der Waals surface area contributed by atoms with Crippen LogP contribution < -0.4 is 5.32 Å². The van der Waals surface area contributed by atoms with Crippen molar-refractivity contribution in [3.63, 3.8) is 0 Å². The molecule has 0 unspecified atom stereocenters. The zero-order valence-corrected chi connectivity index (χ0v) is 11.1. The zero-order valence-electron chi connectivity index (χ0n) is 11.1. The highest BCUT2D eigenvalue weighted by atomic mass is 19.1. The molecule has 1 aromatic heterocycles. The van der Waals surface area contributed by atoms with Crippen LogP contribution in [0, 0.1) is 5.82 Å². The molecule has 2 rings (SSSR count). The van der Waals surface area contributed by atoms with E-state index in [4.69, 9.17) is 0 Å². The van der Waals surface area contributed by atoms with E-state index in [1.807, 2.05) is 20.8 Å². The predicted molar refractivity (Wildman–Crippen MR) is 70.7 cm³/mol. The second-order valence-corrected chi connectivity index (χ2v) is 5.33. The van der Waals surface area contributed by atoms with Crippen molar-refractivity contribution in [3.05, 3.63) is 48.0 Å². The lowest BCUT2D eigenvalue weighted by Crippen LogP contribution is -2.40. The topological polar surface area (TPSA) is 46.9 Å². The number of aromatic nitrogens is 2. The van der Waals surface area contributed by atoms with Crippen molar-refractivity contribution in [3.8, 4) is 5.69 Å². The molecule has 0 aliphatic rings. The molecule has 0 aliphatic heterocycles. The average molecular weight is 261 g/mol. The predicted octanol–water partition coefficient (Wildman–Crippen LogP) is 2.54. The van der Waals surface area contributed by atoms with E-state index in [9.17, 15) is 9.18 Å². The van der Waals surface area contributed by atoms with Crippen LogP contribution >= 0.6 is 0 Å². The van der Waals surface area contributed by atoms with E-state index in [0.717, 1.165) is 0 Å². The minimum atomic E-state index is -0.309. The van der Waals surface area contributed by atoms with E-state index in [-0.39, 0.29) is 17.3 Å². The van der Waals surface area contributed by atoms with Gasteiger partial charge in [0.25, 0.3) is 5.91 Å². The van der Waals surface area contributed by atoms with Gasteiger partial charge in [0, 0.05) is 11.7 Å². The van der Waals surface area contributed by atoms with Crippen LogP contribution in [0.5, 0.6) is 0 Å². The Morgan fingerprint density at radius 1 is 1.21 bits per heavy atom. The number of hydrogen-bond donors (Lipinski definition) is 1. The molecule has 0 saturated carbocycles. The summed E-state index contributed by atoms with van der Waals surface area (Å²) in [6, 6.07) is 7.55. The SMILES string of the molecule is CC(C)(C)NC(=O)c1ccn(-c2ccc(F)cc2)n1. The molecule has 0 radical (unpaired) electrons. The lowest BCUT2D eigenvalue weighted by Gasteiger charge is -2.19. The van der Waals surface area contributed by atoms with Crippen molar-refractivity contribution in [2.24, 2.45) is 0 Å². The summed E-state index contributed by atoms with van der Waals surface area (Å²) in [6.45, 7) is 5.71. The van der Waals surface area contributed by atoms with Crippen LogP contribution in [0.3, 0.4) is 0 Å². The summed E-state index contributed by atoms with van der Waals surface area (Å²) in [5, 5.41) is 7.01. The summed E-state index contributed by atoms with van der Waals surface area (Å²) in [5.74, 6) is -0.532. The Bertz CT molecular complexity index is 581. The average Bonchev–Trinajstić information content (AvgIpc) is 2.77. The minimum Gasteiger partial charge on any atom is -0.346 e. The Labute approximate surface area is 111 Å². The number of benzene rings is 1. The molecule has 5 heteroatoms. The summed E-state index contributed by atoms with van der Waals surface area (Å²) < 4.78 is 14.4. The number of amides is 1. The van der Waals surface area contributed by atoms with Gasteiger partial charge in [0.15, 0.2) is 5.69 Å². The van der Waals surface area contributed by atoms with Crippen molar-refractivity contribution < 1.29 is 9.18 Å². The molecule has 4 nitrogen and oxygen atoms in total. The first-order valence-corrected chi connectivity index (χ1v) is 5.99. The van der Waals surface area contributed by atoms with Crippen molar-refractivity contribution in [1.82, 2.24) is 15.1 Å². The van der Waals surface area contributed by atoms with Crippen molar-refractivity contribution in [1.29, 1.82) is 0 Å². The summed E-state index contributed by atoms with van der Waals surface area (Å²) >= 11 is 0. The van der Waals surface area contributed by atoms with Crippen LogP contribution in [0.4, 0.5) is 4.39 Å². The molecule has 0 bridgehead atoms. The second kappa shape index (κ2) is 4.84. The largest absolute Gasteiger partial charge is 0.346 e. The van der Waals surface area contributed by atoms with Crippen LogP contribution in [0.15, 0.2) is 36.5 Å². The number of hydrogen-bond acceptors (Lipinski definition) is 2. The lowest BCUT2D eigenvalue weighted by atomic mass is 10.1. The fourth-order valence-corrected chi connectivity index (χ4v) is 1.59. The van der Waals surface area contributed by atoms with E-state index < -0.39 is 0 Å². The summed E-state index contributed by atoms with van der Waals surface area (Å²) in [6.07, 6.45) is 1.67. The third-order valence-corrected chi connectivity index (χ3v) is 2.40. The van der Waals surface area contributed by atoms with Gasteiger partial charge >= 0.3 is 0 Å². The van der Waals surface area contributed by atoms with Gasteiger partial charge in [0.1, 0.15) is 5.82 Å². The van der Waals surface area contributed by atoms with Gasteiger partial charge in [0.2, 0.25) is 0 Å². The molecule has 0 spiro atoms. The van der Waals surface area contributed by atoms with Crippen molar-refractivity contribution in [2.75, 3.05) is 0 Å². The number of carbonyl (C=O) groups excluding carboxylic acids is 1. The maximum Gasteiger partial charge on any atom is 0.272 e. The molecule has 2 aromatic rings. The van der Waals surface area contributed by atoms with Gasteiger partial charge in [0.05, 0.1) is 5.69 Å². The molecule has 1 heterocycles. The number of rotatable bonds is 2. The molecule has 0 saturated heterocycles. The molecule has 0 fully saturated rings. The fourth-order valence-electron chi connectivity index (χ4n) is 1.59. The molecule has 1 amide bonds. The van der Waals surface area contributed by atoms with Crippen LogP contribution in [0.2, 0.25) is 0 Å². The first-order chi connectivity index (χ1) is 8.85. The maximum absolute atomic E-state index is 12.8. The number of nitrogens with one attached hydrogen (secondary N) is 1. The highest BCUT2D eigenvalue weighted by Crippen LogP contribution is 2.09. The van der Waals surface area contributed by atoms with Gasteiger partial charge in [-0.3, -0.25) is 4.79 Å². The van der Waals surface area contributed by atoms with E-state index in [2.05, 4.69) is 10.4 Å². The Morgan fingerprint density at radius 3 is 2.42 bits per heavy atom. The minimum absolute atomic E-state index is 0.228. The van der Waals surface area contributed by atoms with Gasteiger partial charge < -0.3 is 5.32 Å². The van der Waals surface area contributed by atoms with Gasteiger partial charge in [-0.05, 0) is 51.1 Å². The maximum atomic E-state index is 12.8. The molecular formula is C14H16FN3O. The summed E-state index contributed by atoms with van der Waals surface area (Å²) in [7, 11) is 0. The van der Waals surface area contributed by atoms with Crippen molar-refractivity contribution >= 4 is 5.91 Å². The molecule has 1 aromatic carbocycles. The molecule has 19 heavy (non-hydrogen) atoms. The van der Waals surface area contributed by atoms with Crippen molar-refractivity contribution in [2.45, 2.75) is 26.3 Å².